The molecule has 1 aliphatic carbocycles. The largest absolute Gasteiger partial charge is 0.377 e. The third kappa shape index (κ3) is 2.08. The molecule has 1 N–H and O–H groups in total. The number of nitrogens with zero attached hydrogens (tertiary/aromatic N) is 1. The molecule has 0 aromatic rings. The van der Waals surface area contributed by atoms with Gasteiger partial charge in [0.1, 0.15) is 0 Å². The molecule has 0 fully saturated rings. The van der Waals surface area contributed by atoms with E-state index in [0.717, 1.165) is 0 Å². The van der Waals surface area contributed by atoms with Gasteiger partial charge >= 0.3 is 4.95 Å². The highest BCUT2D eigenvalue weighted by Gasteiger charge is 2.42. The van der Waals surface area contributed by atoms with Crippen molar-refractivity contribution in [1.29, 1.82) is 0 Å². The summed E-state index contributed by atoms with van der Waals surface area (Å²) in [6.07, 6.45) is 6.06. The van der Waals surface area contributed by atoms with Crippen LogP contribution in [0.1, 0.15) is 6.42 Å². The molecule has 76 valence electrons. The summed E-state index contributed by atoms with van der Waals surface area (Å²) in [6, 6.07) is 0. The second kappa shape index (κ2) is 4.02. The van der Waals surface area contributed by atoms with E-state index in [1.54, 1.807) is 12.2 Å². The average molecular weight is 262 g/mol. The highest BCUT2D eigenvalue weighted by Crippen LogP contribution is 2.22. The van der Waals surface area contributed by atoms with Crippen molar-refractivity contribution in [3.63, 3.8) is 0 Å². The number of carbonyl (C=O) groups excluding carboxylic acids is 1. The number of aliphatic hydroxyl groups is 1. The van der Waals surface area contributed by atoms with Crippen LogP contribution in [0.3, 0.4) is 0 Å². The minimum absolute atomic E-state index is 0.0677. The van der Waals surface area contributed by atoms with Crippen LogP contribution >= 0.6 is 15.9 Å². The number of hydrogen-bond donors (Lipinski definition) is 1. The molecule has 0 bridgehead atoms. The van der Waals surface area contributed by atoms with Crippen LogP contribution in [-0.2, 0) is 4.79 Å². The number of rotatable bonds is 3. The number of halogens is 1. The topological polar surface area (TPSA) is 80.4 Å². The predicted molar refractivity (Wildman–Crippen MR) is 52.6 cm³/mol. The first-order chi connectivity index (χ1) is 6.47. The van der Waals surface area contributed by atoms with Crippen LogP contribution in [0.25, 0.3) is 0 Å². The molecule has 0 radical (unpaired) electrons. The summed E-state index contributed by atoms with van der Waals surface area (Å²) in [4.78, 5) is 19.4. The fourth-order valence-electron chi connectivity index (χ4n) is 1.09. The minimum Gasteiger partial charge on any atom is -0.377 e. The van der Waals surface area contributed by atoms with Gasteiger partial charge in [0.2, 0.25) is 0 Å². The third-order valence-electron chi connectivity index (χ3n) is 1.88. The van der Waals surface area contributed by atoms with E-state index in [2.05, 4.69) is 15.9 Å². The minimum atomic E-state index is -1.75. The van der Waals surface area contributed by atoms with Crippen molar-refractivity contribution in [1.82, 2.24) is 0 Å². The first-order valence-corrected chi connectivity index (χ1v) is 4.77. The number of allylic oxidation sites excluding steroid dienone is 2. The lowest BCUT2D eigenvalue weighted by Gasteiger charge is -2.22. The van der Waals surface area contributed by atoms with E-state index in [0.29, 0.717) is 0 Å². The summed E-state index contributed by atoms with van der Waals surface area (Å²) in [5, 5.41) is 20.0. The number of hydrogen-bond acceptors (Lipinski definition) is 4. The lowest BCUT2D eigenvalue weighted by Crippen LogP contribution is -2.44. The van der Waals surface area contributed by atoms with Gasteiger partial charge in [-0.3, -0.25) is 14.9 Å². The number of alkyl halides is 1. The van der Waals surface area contributed by atoms with Crippen LogP contribution in [0.4, 0.5) is 0 Å². The van der Waals surface area contributed by atoms with Gasteiger partial charge in [0.25, 0.3) is 5.78 Å². The molecule has 0 aromatic carbocycles. The van der Waals surface area contributed by atoms with E-state index in [4.69, 9.17) is 0 Å². The predicted octanol–water partition coefficient (Wildman–Crippen LogP) is 0.800. The van der Waals surface area contributed by atoms with Crippen molar-refractivity contribution >= 4 is 21.7 Å². The van der Waals surface area contributed by atoms with E-state index in [-0.39, 0.29) is 6.42 Å². The summed E-state index contributed by atoms with van der Waals surface area (Å²) in [7, 11) is 0. The molecule has 0 heterocycles. The van der Waals surface area contributed by atoms with Crippen LogP contribution in [0.15, 0.2) is 24.3 Å². The van der Waals surface area contributed by atoms with Gasteiger partial charge in [-0.15, -0.1) is 0 Å². The van der Waals surface area contributed by atoms with Crippen molar-refractivity contribution in [2.75, 3.05) is 0 Å². The highest BCUT2D eigenvalue weighted by molar-refractivity contribution is 9.09. The van der Waals surface area contributed by atoms with Gasteiger partial charge in [0, 0.05) is 27.3 Å². The molecule has 0 saturated carbocycles. The Morgan fingerprint density at radius 1 is 1.64 bits per heavy atom. The average Bonchev–Trinajstić information content (AvgIpc) is 2.16. The molecule has 14 heavy (non-hydrogen) atoms. The summed E-state index contributed by atoms with van der Waals surface area (Å²) >= 11 is 2.61. The maximum atomic E-state index is 11.4. The number of carbonyl (C=O) groups is 1. The van der Waals surface area contributed by atoms with Crippen LogP contribution in [0.5, 0.6) is 0 Å². The van der Waals surface area contributed by atoms with Gasteiger partial charge in [-0.1, -0.05) is 18.2 Å². The Kier molecular flexibility index (Phi) is 3.17. The van der Waals surface area contributed by atoms with E-state index in [9.17, 15) is 20.0 Å². The fraction of sp³-hybridized carbons (Fsp3) is 0.375. The van der Waals surface area contributed by atoms with Gasteiger partial charge in [-0.05, 0) is 6.08 Å². The summed E-state index contributed by atoms with van der Waals surface area (Å²) in [5.74, 6) is -0.858. The summed E-state index contributed by atoms with van der Waals surface area (Å²) in [6.45, 7) is 0. The Bertz CT molecular complexity index is 325. The number of nitro groups is 1. The maximum absolute atomic E-state index is 11.4. The molecule has 0 spiro atoms. The molecule has 0 unspecified atom stereocenters. The zero-order valence-electron chi connectivity index (χ0n) is 7.09. The van der Waals surface area contributed by atoms with Crippen molar-refractivity contribution in [2.24, 2.45) is 0 Å². The molecule has 1 rings (SSSR count). The molecule has 0 amide bonds. The molecule has 1 aliphatic rings. The zero-order chi connectivity index (χ0) is 10.8. The fourth-order valence-corrected chi connectivity index (χ4v) is 1.49. The molecule has 5 nitrogen and oxygen atoms in total. The first kappa shape index (κ1) is 11.1. The van der Waals surface area contributed by atoms with Crippen LogP contribution in [-0.4, -0.2) is 26.4 Å². The number of Topliss-reactive ketones (excluding diaryl/α,β-unsaturated/α-hetero) is 1. The van der Waals surface area contributed by atoms with E-state index >= 15 is 0 Å². The summed E-state index contributed by atoms with van der Waals surface area (Å²) in [5.41, 5.74) is -1.75. The summed E-state index contributed by atoms with van der Waals surface area (Å²) < 4.78 is 0. The molecular formula is C8H8BrNO4. The molecule has 0 aliphatic heterocycles. The van der Waals surface area contributed by atoms with Gasteiger partial charge in [0.05, 0.1) is 0 Å². The van der Waals surface area contributed by atoms with Crippen molar-refractivity contribution in [2.45, 2.75) is 17.0 Å². The monoisotopic (exact) mass is 261 g/mol. The van der Waals surface area contributed by atoms with Crippen LogP contribution in [0, 0.1) is 10.1 Å². The lowest BCUT2D eigenvalue weighted by molar-refractivity contribution is -0.480. The smallest absolute Gasteiger partial charge is 0.326 e. The quantitative estimate of drug-likeness (QED) is 0.353. The van der Waals surface area contributed by atoms with Gasteiger partial charge in [-0.2, -0.15) is 0 Å². The van der Waals surface area contributed by atoms with Crippen molar-refractivity contribution in [3.8, 4) is 0 Å². The zero-order valence-corrected chi connectivity index (χ0v) is 8.68. The second-order valence-corrected chi connectivity index (χ2v) is 3.77. The second-order valence-electron chi connectivity index (χ2n) is 2.90. The van der Waals surface area contributed by atoms with E-state index in [1.165, 1.54) is 12.2 Å². The molecule has 0 aromatic heterocycles. The molecule has 6 heteroatoms. The van der Waals surface area contributed by atoms with E-state index < -0.39 is 21.3 Å². The Hall–Kier alpha value is -1.01. The Balaban J connectivity index is 2.83. The standard InChI is InChI=1S/C8H8BrNO4/c9-7(10(13)14)6(11)8(12)4-2-1-3-5-8/h1-4,7,12H,5H2/t7-,8+/m0/s1. The van der Waals surface area contributed by atoms with Gasteiger partial charge in [-0.25, -0.2) is 0 Å². The van der Waals surface area contributed by atoms with Gasteiger partial charge < -0.3 is 5.11 Å². The van der Waals surface area contributed by atoms with Crippen molar-refractivity contribution in [3.05, 3.63) is 34.4 Å². The first-order valence-electron chi connectivity index (χ1n) is 3.86. The Morgan fingerprint density at radius 2 is 2.29 bits per heavy atom. The highest BCUT2D eigenvalue weighted by atomic mass is 79.9. The SMILES string of the molecule is O=C([C@@H](Br)[N+](=O)[O-])[C@@]1(O)C=CC=CC1. The van der Waals surface area contributed by atoms with Crippen molar-refractivity contribution < 1.29 is 14.8 Å². The van der Waals surface area contributed by atoms with Crippen LogP contribution in [0.2, 0.25) is 0 Å². The molecule has 2 atom stereocenters. The Morgan fingerprint density at radius 3 is 2.71 bits per heavy atom. The molecular weight excluding hydrogens is 254 g/mol. The van der Waals surface area contributed by atoms with Gasteiger partial charge in [0.15, 0.2) is 5.60 Å². The Labute approximate surface area is 88.4 Å². The number of ketones is 1. The normalized spacial score (nSPS) is 27.3. The molecule has 0 saturated heterocycles. The maximum Gasteiger partial charge on any atom is 0.326 e. The van der Waals surface area contributed by atoms with Crippen LogP contribution < -0.4 is 0 Å². The van der Waals surface area contributed by atoms with E-state index in [1.807, 2.05) is 0 Å². The third-order valence-corrected chi connectivity index (χ3v) is 2.63. The lowest BCUT2D eigenvalue weighted by atomic mass is 9.91.